The molecule has 0 saturated heterocycles. The molecule has 0 bridgehead atoms. The van der Waals surface area contributed by atoms with E-state index in [1.165, 1.54) is 42.1 Å². The number of esters is 1. The Labute approximate surface area is 181 Å². The van der Waals surface area contributed by atoms with Gasteiger partial charge in [-0.3, -0.25) is 9.59 Å². The highest BCUT2D eigenvalue weighted by molar-refractivity contribution is 9.10. The van der Waals surface area contributed by atoms with E-state index >= 15 is 0 Å². The molecule has 0 saturated carbocycles. The molecule has 0 heterocycles. The number of rotatable bonds is 9. The molecule has 0 aliphatic carbocycles. The SMILES string of the molecule is CCCCOC(=O)C(CC)Sc1cc(NC(=O)c2cccc(F)c2)c(F)cc1Br. The number of thioether (sulfide) groups is 1. The van der Waals surface area contributed by atoms with E-state index in [9.17, 15) is 18.4 Å². The standard InChI is InChI=1S/C21H22BrF2NO3S/c1-3-5-9-28-21(27)18(4-2)29-19-12-17(16(24)11-15(19)22)25-20(26)13-7-6-8-14(23)10-13/h6-8,10-12,18H,3-5,9H2,1-2H3,(H,25,26). The fourth-order valence-corrected chi connectivity index (χ4v) is 3.99. The molecule has 2 rings (SSSR count). The molecule has 29 heavy (non-hydrogen) atoms. The first kappa shape index (κ1) is 23.3. The molecule has 0 fully saturated rings. The molecular formula is C21H22BrF2NO3S. The van der Waals surface area contributed by atoms with E-state index in [4.69, 9.17) is 4.74 Å². The fourth-order valence-electron chi connectivity index (χ4n) is 2.40. The van der Waals surface area contributed by atoms with Gasteiger partial charge in [0.15, 0.2) is 0 Å². The molecule has 4 nitrogen and oxygen atoms in total. The van der Waals surface area contributed by atoms with Crippen molar-refractivity contribution in [1.29, 1.82) is 0 Å². The minimum Gasteiger partial charge on any atom is -0.465 e. The zero-order chi connectivity index (χ0) is 21.4. The third-order valence-electron chi connectivity index (χ3n) is 4.00. The van der Waals surface area contributed by atoms with Crippen molar-refractivity contribution in [2.75, 3.05) is 11.9 Å². The Hall–Kier alpha value is -1.93. The lowest BCUT2D eigenvalue weighted by atomic mass is 10.2. The minimum atomic E-state index is -0.649. The van der Waals surface area contributed by atoms with Crippen LogP contribution >= 0.6 is 27.7 Å². The zero-order valence-corrected chi connectivity index (χ0v) is 18.5. The van der Waals surface area contributed by atoms with Gasteiger partial charge in [-0.25, -0.2) is 8.78 Å². The quantitative estimate of drug-likeness (QED) is 0.261. The molecule has 156 valence electrons. The summed E-state index contributed by atoms with van der Waals surface area (Å²) in [6, 6.07) is 7.79. The number of ether oxygens (including phenoxy) is 1. The van der Waals surface area contributed by atoms with Crippen LogP contribution in [0.5, 0.6) is 0 Å². The van der Waals surface area contributed by atoms with Crippen LogP contribution in [0, 0.1) is 11.6 Å². The second-order valence-electron chi connectivity index (χ2n) is 6.26. The number of nitrogens with one attached hydrogen (secondary N) is 1. The van der Waals surface area contributed by atoms with Crippen molar-refractivity contribution < 1.29 is 23.1 Å². The summed E-state index contributed by atoms with van der Waals surface area (Å²) in [6.07, 6.45) is 2.25. The highest BCUT2D eigenvalue weighted by atomic mass is 79.9. The predicted molar refractivity (Wildman–Crippen MR) is 114 cm³/mol. The molecule has 0 aromatic heterocycles. The van der Waals surface area contributed by atoms with Gasteiger partial charge in [0.2, 0.25) is 0 Å². The first-order valence-corrected chi connectivity index (χ1v) is 10.9. The third kappa shape index (κ3) is 6.82. The van der Waals surface area contributed by atoms with Crippen LogP contribution in [0.1, 0.15) is 43.5 Å². The summed E-state index contributed by atoms with van der Waals surface area (Å²) in [7, 11) is 0. The van der Waals surface area contributed by atoms with E-state index in [1.807, 2.05) is 13.8 Å². The van der Waals surface area contributed by atoms with Crippen molar-refractivity contribution in [3.05, 3.63) is 58.1 Å². The van der Waals surface area contributed by atoms with Crippen molar-refractivity contribution in [3.63, 3.8) is 0 Å². The molecule has 2 aromatic carbocycles. The lowest BCUT2D eigenvalue weighted by Crippen LogP contribution is -2.20. The fraction of sp³-hybridized carbons (Fsp3) is 0.333. The van der Waals surface area contributed by atoms with Crippen molar-refractivity contribution >= 4 is 45.3 Å². The molecule has 8 heteroatoms. The summed E-state index contributed by atoms with van der Waals surface area (Å²) >= 11 is 4.53. The molecule has 2 aromatic rings. The third-order valence-corrected chi connectivity index (χ3v) is 6.32. The van der Waals surface area contributed by atoms with Crippen molar-refractivity contribution in [3.8, 4) is 0 Å². The normalized spacial score (nSPS) is 11.8. The Morgan fingerprint density at radius 3 is 2.62 bits per heavy atom. The van der Waals surface area contributed by atoms with E-state index in [1.54, 1.807) is 0 Å². The van der Waals surface area contributed by atoms with Crippen LogP contribution in [0.2, 0.25) is 0 Å². The Morgan fingerprint density at radius 2 is 1.97 bits per heavy atom. The van der Waals surface area contributed by atoms with Gasteiger partial charge in [-0.2, -0.15) is 0 Å². The molecule has 1 unspecified atom stereocenters. The predicted octanol–water partition coefficient (Wildman–Crippen LogP) is 6.19. The van der Waals surface area contributed by atoms with Crippen LogP contribution in [-0.4, -0.2) is 23.7 Å². The van der Waals surface area contributed by atoms with E-state index < -0.39 is 22.8 Å². The molecule has 0 radical (unpaired) electrons. The Morgan fingerprint density at radius 1 is 1.21 bits per heavy atom. The number of hydrogen-bond acceptors (Lipinski definition) is 4. The number of benzene rings is 2. The molecule has 0 spiro atoms. The second-order valence-corrected chi connectivity index (χ2v) is 8.36. The Kier molecular flexibility index (Phi) is 9.10. The Bertz CT molecular complexity index is 879. The van der Waals surface area contributed by atoms with Gasteiger partial charge >= 0.3 is 5.97 Å². The van der Waals surface area contributed by atoms with Crippen LogP contribution in [0.3, 0.4) is 0 Å². The zero-order valence-electron chi connectivity index (χ0n) is 16.1. The Balaban J connectivity index is 2.17. The molecule has 0 aliphatic heterocycles. The second kappa shape index (κ2) is 11.3. The van der Waals surface area contributed by atoms with E-state index in [2.05, 4.69) is 21.2 Å². The number of unbranched alkanes of at least 4 members (excludes halogenated alkanes) is 1. The van der Waals surface area contributed by atoms with Crippen LogP contribution in [0.15, 0.2) is 45.8 Å². The van der Waals surface area contributed by atoms with Gasteiger partial charge in [0.1, 0.15) is 16.9 Å². The number of carbonyl (C=O) groups is 2. The number of carbonyl (C=O) groups excluding carboxylic acids is 2. The smallest absolute Gasteiger partial charge is 0.319 e. The molecule has 0 aliphatic rings. The molecular weight excluding hydrogens is 464 g/mol. The first-order chi connectivity index (χ1) is 13.8. The van der Waals surface area contributed by atoms with Gasteiger partial charge in [-0.1, -0.05) is 26.3 Å². The largest absolute Gasteiger partial charge is 0.465 e. The van der Waals surface area contributed by atoms with Gasteiger partial charge in [-0.15, -0.1) is 11.8 Å². The van der Waals surface area contributed by atoms with Gasteiger partial charge < -0.3 is 10.1 Å². The summed E-state index contributed by atoms with van der Waals surface area (Å²) in [5, 5.41) is 1.99. The number of amides is 1. The summed E-state index contributed by atoms with van der Waals surface area (Å²) in [4.78, 5) is 25.2. The van der Waals surface area contributed by atoms with Crippen molar-refractivity contribution in [1.82, 2.24) is 0 Å². The maximum Gasteiger partial charge on any atom is 0.319 e. The first-order valence-electron chi connectivity index (χ1n) is 9.25. The van der Waals surface area contributed by atoms with E-state index in [-0.39, 0.29) is 17.2 Å². The van der Waals surface area contributed by atoms with Crippen LogP contribution in [0.25, 0.3) is 0 Å². The summed E-state index contributed by atoms with van der Waals surface area (Å²) in [6.45, 7) is 4.24. The van der Waals surface area contributed by atoms with Crippen molar-refractivity contribution in [2.24, 2.45) is 0 Å². The van der Waals surface area contributed by atoms with Gasteiger partial charge in [0, 0.05) is 14.9 Å². The van der Waals surface area contributed by atoms with Gasteiger partial charge in [0.05, 0.1) is 12.3 Å². The highest BCUT2D eigenvalue weighted by Crippen LogP contribution is 2.36. The number of anilines is 1. The summed E-state index contributed by atoms with van der Waals surface area (Å²) in [5.74, 6) is -2.16. The van der Waals surface area contributed by atoms with Gasteiger partial charge in [-0.05, 0) is 59.1 Å². The topological polar surface area (TPSA) is 55.4 Å². The molecule has 1 amide bonds. The maximum absolute atomic E-state index is 14.3. The summed E-state index contributed by atoms with van der Waals surface area (Å²) < 4.78 is 33.4. The maximum atomic E-state index is 14.3. The van der Waals surface area contributed by atoms with Crippen LogP contribution < -0.4 is 5.32 Å². The lowest BCUT2D eigenvalue weighted by Gasteiger charge is -2.16. The van der Waals surface area contributed by atoms with Crippen molar-refractivity contribution in [2.45, 2.75) is 43.3 Å². The molecule has 1 atom stereocenters. The van der Waals surface area contributed by atoms with Crippen LogP contribution in [-0.2, 0) is 9.53 Å². The lowest BCUT2D eigenvalue weighted by molar-refractivity contribution is -0.143. The van der Waals surface area contributed by atoms with E-state index in [0.717, 1.165) is 18.9 Å². The average molecular weight is 486 g/mol. The summed E-state index contributed by atoms with van der Waals surface area (Å²) in [5.41, 5.74) is 0.0200. The van der Waals surface area contributed by atoms with Gasteiger partial charge in [0.25, 0.3) is 5.91 Å². The van der Waals surface area contributed by atoms with E-state index in [0.29, 0.717) is 22.4 Å². The van der Waals surface area contributed by atoms with Crippen LogP contribution in [0.4, 0.5) is 14.5 Å². The number of hydrogen-bond donors (Lipinski definition) is 1. The monoisotopic (exact) mass is 485 g/mol. The minimum absolute atomic E-state index is 0.0563. The average Bonchev–Trinajstić information content (AvgIpc) is 2.69. The number of halogens is 3. The molecule has 1 N–H and O–H groups in total. The highest BCUT2D eigenvalue weighted by Gasteiger charge is 2.22.